The summed E-state index contributed by atoms with van der Waals surface area (Å²) in [7, 11) is 1.68. The van der Waals surface area contributed by atoms with Crippen LogP contribution in [0.4, 0.5) is 11.7 Å². The van der Waals surface area contributed by atoms with Crippen molar-refractivity contribution in [2.45, 2.75) is 0 Å². The van der Waals surface area contributed by atoms with E-state index in [4.69, 9.17) is 4.42 Å². The second kappa shape index (κ2) is 3.37. The van der Waals surface area contributed by atoms with Crippen molar-refractivity contribution in [3.63, 3.8) is 0 Å². The Bertz CT molecular complexity index is 473. The van der Waals surface area contributed by atoms with Gasteiger partial charge in [-0.15, -0.1) is 0 Å². The van der Waals surface area contributed by atoms with Gasteiger partial charge in [0.2, 0.25) is 0 Å². The highest BCUT2D eigenvalue weighted by molar-refractivity contribution is 5.49. The number of aromatic nitrogens is 2. The van der Waals surface area contributed by atoms with E-state index < -0.39 is 0 Å². The average molecular weight is 191 g/mol. The topological polar surface area (TPSA) is 60.1 Å². The Labute approximate surface area is 80.0 Å². The van der Waals surface area contributed by atoms with Gasteiger partial charge < -0.3 is 14.3 Å². The Kier molecular flexibility index (Phi) is 2.06. The van der Waals surface area contributed by atoms with Crippen molar-refractivity contribution in [2.24, 2.45) is 7.05 Å². The minimum Gasteiger partial charge on any atom is -0.432 e. The smallest absolute Gasteiger partial charge is 0.299 e. The van der Waals surface area contributed by atoms with Crippen molar-refractivity contribution < 1.29 is 4.42 Å². The molecule has 1 N–H and O–H groups in total. The van der Waals surface area contributed by atoms with Gasteiger partial charge in [0.05, 0.1) is 6.20 Å². The third-order valence-electron chi connectivity index (χ3n) is 1.80. The number of hydrogen-bond acceptors (Lipinski definition) is 4. The Morgan fingerprint density at radius 3 is 3.14 bits per heavy atom. The molecular formula is C9H9N3O2. The number of hydrogen-bond donors (Lipinski definition) is 1. The van der Waals surface area contributed by atoms with Gasteiger partial charge in [-0.3, -0.25) is 4.79 Å². The van der Waals surface area contributed by atoms with E-state index in [1.807, 2.05) is 0 Å². The first-order valence-electron chi connectivity index (χ1n) is 4.09. The number of aryl methyl sites for hydroxylation is 1. The lowest BCUT2D eigenvalue weighted by molar-refractivity contribution is 0.577. The predicted octanol–water partition coefficient (Wildman–Crippen LogP) is 1.12. The molecule has 0 amide bonds. The van der Waals surface area contributed by atoms with Crippen LogP contribution >= 0.6 is 0 Å². The van der Waals surface area contributed by atoms with Crippen LogP contribution in [0.25, 0.3) is 0 Å². The predicted molar refractivity (Wildman–Crippen MR) is 51.5 cm³/mol. The van der Waals surface area contributed by atoms with Crippen LogP contribution in [-0.2, 0) is 7.05 Å². The van der Waals surface area contributed by atoms with Gasteiger partial charge in [0, 0.05) is 13.2 Å². The maximum absolute atomic E-state index is 11.5. The first kappa shape index (κ1) is 8.55. The number of anilines is 2. The van der Waals surface area contributed by atoms with Gasteiger partial charge in [-0.2, -0.15) is 0 Å². The van der Waals surface area contributed by atoms with Gasteiger partial charge in [-0.25, -0.2) is 4.98 Å². The molecule has 0 aliphatic carbocycles. The Morgan fingerprint density at radius 1 is 1.57 bits per heavy atom. The van der Waals surface area contributed by atoms with E-state index in [1.54, 1.807) is 25.4 Å². The molecule has 0 bridgehead atoms. The SMILES string of the molecule is Cn1cccc(Nc2ncco2)c1=O. The summed E-state index contributed by atoms with van der Waals surface area (Å²) < 4.78 is 6.44. The largest absolute Gasteiger partial charge is 0.432 e. The molecule has 0 radical (unpaired) electrons. The zero-order valence-corrected chi connectivity index (χ0v) is 7.60. The van der Waals surface area contributed by atoms with Crippen LogP contribution in [0, 0.1) is 0 Å². The zero-order valence-electron chi connectivity index (χ0n) is 7.60. The lowest BCUT2D eigenvalue weighted by atomic mass is 10.4. The summed E-state index contributed by atoms with van der Waals surface area (Å²) in [5, 5.41) is 2.78. The normalized spacial score (nSPS) is 10.1. The Balaban J connectivity index is 2.34. The second-order valence-corrected chi connectivity index (χ2v) is 2.80. The van der Waals surface area contributed by atoms with Crippen LogP contribution in [0.15, 0.2) is 40.0 Å². The molecule has 72 valence electrons. The van der Waals surface area contributed by atoms with Gasteiger partial charge in [-0.1, -0.05) is 0 Å². The number of oxazole rings is 1. The molecule has 5 heteroatoms. The molecule has 0 fully saturated rings. The van der Waals surface area contributed by atoms with Crippen LogP contribution in [0.1, 0.15) is 0 Å². The first-order chi connectivity index (χ1) is 6.77. The van der Waals surface area contributed by atoms with E-state index in [1.165, 1.54) is 17.0 Å². The molecule has 2 rings (SSSR count). The fourth-order valence-electron chi connectivity index (χ4n) is 1.09. The highest BCUT2D eigenvalue weighted by Gasteiger charge is 2.02. The first-order valence-corrected chi connectivity index (χ1v) is 4.09. The van der Waals surface area contributed by atoms with Crippen molar-refractivity contribution >= 4 is 11.7 Å². The number of pyridine rings is 1. The summed E-state index contributed by atoms with van der Waals surface area (Å²) >= 11 is 0. The molecule has 0 saturated heterocycles. The molecule has 2 aromatic rings. The number of rotatable bonds is 2. The van der Waals surface area contributed by atoms with Crippen molar-refractivity contribution in [1.82, 2.24) is 9.55 Å². The van der Waals surface area contributed by atoms with Crippen LogP contribution in [0.2, 0.25) is 0 Å². The zero-order chi connectivity index (χ0) is 9.97. The van der Waals surface area contributed by atoms with Crippen molar-refractivity contribution in [3.05, 3.63) is 41.1 Å². The number of nitrogens with one attached hydrogen (secondary N) is 1. The summed E-state index contributed by atoms with van der Waals surface area (Å²) in [5.74, 6) is 0. The minimum absolute atomic E-state index is 0.120. The standard InChI is InChI=1S/C9H9N3O2/c1-12-5-2-3-7(8(12)13)11-9-10-4-6-14-9/h2-6H,1H3,(H,10,11). The molecule has 0 aliphatic rings. The van der Waals surface area contributed by atoms with Crippen LogP contribution in [0.5, 0.6) is 0 Å². The van der Waals surface area contributed by atoms with E-state index >= 15 is 0 Å². The lowest BCUT2D eigenvalue weighted by Crippen LogP contribution is -2.18. The molecular weight excluding hydrogens is 182 g/mol. The third-order valence-corrected chi connectivity index (χ3v) is 1.80. The van der Waals surface area contributed by atoms with Crippen molar-refractivity contribution in [1.29, 1.82) is 0 Å². The van der Waals surface area contributed by atoms with Gasteiger partial charge in [-0.05, 0) is 12.1 Å². The third kappa shape index (κ3) is 1.52. The van der Waals surface area contributed by atoms with Crippen molar-refractivity contribution in [2.75, 3.05) is 5.32 Å². The van der Waals surface area contributed by atoms with Crippen LogP contribution < -0.4 is 10.9 Å². The molecule has 2 heterocycles. The van der Waals surface area contributed by atoms with Crippen LogP contribution in [0.3, 0.4) is 0 Å². The van der Waals surface area contributed by atoms with Crippen LogP contribution in [-0.4, -0.2) is 9.55 Å². The molecule has 0 aromatic carbocycles. The maximum Gasteiger partial charge on any atom is 0.299 e. The molecule has 5 nitrogen and oxygen atoms in total. The highest BCUT2D eigenvalue weighted by atomic mass is 16.4. The van der Waals surface area contributed by atoms with Crippen molar-refractivity contribution in [3.8, 4) is 0 Å². The summed E-state index contributed by atoms with van der Waals surface area (Å²) in [5.41, 5.74) is 0.322. The van der Waals surface area contributed by atoms with Gasteiger partial charge in [0.25, 0.3) is 11.6 Å². The Morgan fingerprint density at radius 2 is 2.43 bits per heavy atom. The molecule has 0 unspecified atom stereocenters. The quantitative estimate of drug-likeness (QED) is 0.772. The summed E-state index contributed by atoms with van der Waals surface area (Å²) in [4.78, 5) is 15.4. The lowest BCUT2D eigenvalue weighted by Gasteiger charge is -2.02. The minimum atomic E-state index is -0.120. The molecule has 0 saturated carbocycles. The fourth-order valence-corrected chi connectivity index (χ4v) is 1.09. The maximum atomic E-state index is 11.5. The highest BCUT2D eigenvalue weighted by Crippen LogP contribution is 2.08. The van der Waals surface area contributed by atoms with Gasteiger partial charge in [0.1, 0.15) is 12.0 Å². The second-order valence-electron chi connectivity index (χ2n) is 2.80. The van der Waals surface area contributed by atoms with E-state index in [0.717, 1.165) is 0 Å². The van der Waals surface area contributed by atoms with E-state index in [9.17, 15) is 4.79 Å². The molecule has 0 atom stereocenters. The monoisotopic (exact) mass is 191 g/mol. The van der Waals surface area contributed by atoms with Gasteiger partial charge >= 0.3 is 0 Å². The molecule has 2 aromatic heterocycles. The fraction of sp³-hybridized carbons (Fsp3) is 0.111. The summed E-state index contributed by atoms with van der Waals surface area (Å²) in [6.07, 6.45) is 4.63. The van der Waals surface area contributed by atoms with E-state index in [0.29, 0.717) is 11.7 Å². The summed E-state index contributed by atoms with van der Waals surface area (Å²) in [6, 6.07) is 3.76. The summed E-state index contributed by atoms with van der Waals surface area (Å²) in [6.45, 7) is 0. The Hall–Kier alpha value is -2.04. The van der Waals surface area contributed by atoms with Gasteiger partial charge in [0.15, 0.2) is 0 Å². The molecule has 0 aliphatic heterocycles. The average Bonchev–Trinajstić information content (AvgIpc) is 2.66. The molecule has 0 spiro atoms. The molecule has 14 heavy (non-hydrogen) atoms. The van der Waals surface area contributed by atoms with E-state index in [-0.39, 0.29) is 5.56 Å². The van der Waals surface area contributed by atoms with E-state index in [2.05, 4.69) is 10.3 Å². The number of nitrogens with zero attached hydrogens (tertiary/aromatic N) is 2.